The molecule has 3 aromatic carbocycles. The highest BCUT2D eigenvalue weighted by Gasteiger charge is 2.16. The first-order chi connectivity index (χ1) is 14.1. The molecule has 0 aliphatic rings. The van der Waals surface area contributed by atoms with Crippen molar-refractivity contribution in [2.24, 2.45) is 0 Å². The van der Waals surface area contributed by atoms with Gasteiger partial charge >= 0.3 is 0 Å². The molecule has 4 aromatic rings. The van der Waals surface area contributed by atoms with Gasteiger partial charge in [-0.15, -0.1) is 10.2 Å². The highest BCUT2D eigenvalue weighted by Crippen LogP contribution is 2.31. The molecule has 4 rings (SSSR count). The Labute approximate surface area is 183 Å². The number of hydrogen-bond donors (Lipinski definition) is 0. The lowest BCUT2D eigenvalue weighted by atomic mass is 10.1. The lowest BCUT2D eigenvalue weighted by Gasteiger charge is -2.11. The first-order valence-corrected chi connectivity index (χ1v) is 11.0. The molecule has 0 radical (unpaired) electrons. The Hall–Kier alpha value is -2.57. The minimum absolute atomic E-state index is 0.807. The Morgan fingerprint density at radius 1 is 0.966 bits per heavy atom. The summed E-state index contributed by atoms with van der Waals surface area (Å²) in [6.07, 6.45) is 0. The fourth-order valence-electron chi connectivity index (χ4n) is 3.07. The van der Waals surface area contributed by atoms with Crippen LogP contribution in [-0.4, -0.2) is 21.9 Å². The van der Waals surface area contributed by atoms with Crippen molar-refractivity contribution in [3.63, 3.8) is 0 Å². The molecular formula is C23H20BrN3OS. The molecule has 0 aliphatic carbocycles. The number of thioether (sulfide) groups is 1. The quantitative estimate of drug-likeness (QED) is 0.313. The third kappa shape index (κ3) is 4.54. The van der Waals surface area contributed by atoms with Gasteiger partial charge < -0.3 is 4.74 Å². The first-order valence-electron chi connectivity index (χ1n) is 9.18. The predicted molar refractivity (Wildman–Crippen MR) is 122 cm³/mol. The second-order valence-electron chi connectivity index (χ2n) is 6.63. The minimum atomic E-state index is 0.807. The van der Waals surface area contributed by atoms with Crippen molar-refractivity contribution in [2.75, 3.05) is 7.11 Å². The van der Waals surface area contributed by atoms with Crippen LogP contribution in [0.15, 0.2) is 82.4 Å². The van der Waals surface area contributed by atoms with Crippen LogP contribution in [0.25, 0.3) is 17.1 Å². The van der Waals surface area contributed by atoms with Crippen molar-refractivity contribution in [1.82, 2.24) is 14.8 Å². The fraction of sp³-hybridized carbons (Fsp3) is 0.130. The van der Waals surface area contributed by atoms with Gasteiger partial charge in [-0.25, -0.2) is 0 Å². The summed E-state index contributed by atoms with van der Waals surface area (Å²) in [6.45, 7) is 2.08. The average molecular weight is 466 g/mol. The van der Waals surface area contributed by atoms with E-state index < -0.39 is 0 Å². The molecule has 0 unspecified atom stereocenters. The molecule has 0 bridgehead atoms. The standard InChI is InChI=1S/C23H20BrN3OS/c1-16-5-3-7-18(13-16)22-25-26-23(29-15-17-6-4-8-19(24)14-17)27(22)20-9-11-21(28-2)12-10-20/h3-14H,15H2,1-2H3. The summed E-state index contributed by atoms with van der Waals surface area (Å²) in [7, 11) is 1.67. The molecule has 0 aliphatic heterocycles. The Bertz CT molecular complexity index is 1130. The zero-order chi connectivity index (χ0) is 20.2. The number of aryl methyl sites for hydroxylation is 1. The zero-order valence-electron chi connectivity index (χ0n) is 16.2. The van der Waals surface area contributed by atoms with Gasteiger partial charge in [0.1, 0.15) is 5.75 Å². The summed E-state index contributed by atoms with van der Waals surface area (Å²) in [6, 6.07) is 24.6. The van der Waals surface area contributed by atoms with Crippen LogP contribution in [0.5, 0.6) is 5.75 Å². The largest absolute Gasteiger partial charge is 0.497 e. The molecule has 0 atom stereocenters. The summed E-state index contributed by atoms with van der Waals surface area (Å²) in [5.41, 5.74) is 4.47. The molecule has 4 nitrogen and oxygen atoms in total. The molecular weight excluding hydrogens is 446 g/mol. The lowest BCUT2D eigenvalue weighted by Crippen LogP contribution is -2.00. The van der Waals surface area contributed by atoms with E-state index in [-0.39, 0.29) is 0 Å². The van der Waals surface area contributed by atoms with Crippen LogP contribution in [0.2, 0.25) is 0 Å². The normalized spacial score (nSPS) is 10.9. The number of aromatic nitrogens is 3. The molecule has 0 amide bonds. The molecule has 0 spiro atoms. The summed E-state index contributed by atoms with van der Waals surface area (Å²) >= 11 is 5.21. The highest BCUT2D eigenvalue weighted by atomic mass is 79.9. The number of halogens is 1. The number of hydrogen-bond acceptors (Lipinski definition) is 4. The SMILES string of the molecule is COc1ccc(-n2c(SCc3cccc(Br)c3)nnc2-c2cccc(C)c2)cc1. The number of benzene rings is 3. The Morgan fingerprint density at radius 2 is 1.76 bits per heavy atom. The van der Waals surface area contributed by atoms with Crippen molar-refractivity contribution in [1.29, 1.82) is 0 Å². The van der Waals surface area contributed by atoms with E-state index >= 15 is 0 Å². The molecule has 0 N–H and O–H groups in total. The first kappa shape index (κ1) is 19.7. The van der Waals surface area contributed by atoms with Crippen LogP contribution in [0.3, 0.4) is 0 Å². The number of methoxy groups -OCH3 is 1. The van der Waals surface area contributed by atoms with E-state index in [0.29, 0.717) is 0 Å². The van der Waals surface area contributed by atoms with Crippen molar-refractivity contribution in [3.05, 3.63) is 88.4 Å². The molecule has 1 aromatic heterocycles. The smallest absolute Gasteiger partial charge is 0.196 e. The summed E-state index contributed by atoms with van der Waals surface area (Å²) in [4.78, 5) is 0. The van der Waals surface area contributed by atoms with Crippen molar-refractivity contribution in [2.45, 2.75) is 17.8 Å². The van der Waals surface area contributed by atoms with Gasteiger partial charge in [0.25, 0.3) is 0 Å². The maximum atomic E-state index is 5.31. The van der Waals surface area contributed by atoms with Crippen LogP contribution < -0.4 is 4.74 Å². The third-order valence-electron chi connectivity index (χ3n) is 4.50. The van der Waals surface area contributed by atoms with Crippen LogP contribution in [0.1, 0.15) is 11.1 Å². The average Bonchev–Trinajstić information content (AvgIpc) is 3.16. The van der Waals surface area contributed by atoms with Gasteiger partial charge in [-0.3, -0.25) is 4.57 Å². The van der Waals surface area contributed by atoms with E-state index in [1.165, 1.54) is 11.1 Å². The van der Waals surface area contributed by atoms with Gasteiger partial charge in [0, 0.05) is 21.5 Å². The predicted octanol–water partition coefficient (Wildman–Crippen LogP) is 6.31. The van der Waals surface area contributed by atoms with Gasteiger partial charge in [0.05, 0.1) is 7.11 Å². The van der Waals surface area contributed by atoms with E-state index in [2.05, 4.69) is 67.9 Å². The van der Waals surface area contributed by atoms with Gasteiger partial charge in [-0.05, 0) is 55.0 Å². The molecule has 0 saturated heterocycles. The van der Waals surface area contributed by atoms with E-state index in [0.717, 1.165) is 38.2 Å². The highest BCUT2D eigenvalue weighted by molar-refractivity contribution is 9.10. The molecule has 0 fully saturated rings. The van der Waals surface area contributed by atoms with E-state index in [4.69, 9.17) is 4.74 Å². The minimum Gasteiger partial charge on any atom is -0.497 e. The fourth-order valence-corrected chi connectivity index (χ4v) is 4.41. The Morgan fingerprint density at radius 3 is 2.48 bits per heavy atom. The monoisotopic (exact) mass is 465 g/mol. The van der Waals surface area contributed by atoms with Crippen molar-refractivity contribution in [3.8, 4) is 22.8 Å². The zero-order valence-corrected chi connectivity index (χ0v) is 18.6. The molecule has 6 heteroatoms. The molecule has 1 heterocycles. The van der Waals surface area contributed by atoms with Crippen molar-refractivity contribution < 1.29 is 4.74 Å². The Kier molecular flexibility index (Phi) is 6.02. The summed E-state index contributed by atoms with van der Waals surface area (Å²) in [5, 5.41) is 9.89. The Balaban J connectivity index is 1.74. The van der Waals surface area contributed by atoms with Crippen molar-refractivity contribution >= 4 is 27.7 Å². The van der Waals surface area contributed by atoms with Crippen LogP contribution in [0, 0.1) is 6.92 Å². The van der Waals surface area contributed by atoms with Crippen LogP contribution >= 0.6 is 27.7 Å². The van der Waals surface area contributed by atoms with Crippen LogP contribution in [-0.2, 0) is 5.75 Å². The number of rotatable bonds is 6. The molecule has 0 saturated carbocycles. The van der Waals surface area contributed by atoms with Gasteiger partial charge in [-0.1, -0.05) is 63.6 Å². The van der Waals surface area contributed by atoms with Crippen LogP contribution in [0.4, 0.5) is 0 Å². The lowest BCUT2D eigenvalue weighted by molar-refractivity contribution is 0.414. The van der Waals surface area contributed by atoms with Gasteiger partial charge in [-0.2, -0.15) is 0 Å². The topological polar surface area (TPSA) is 39.9 Å². The molecule has 29 heavy (non-hydrogen) atoms. The molecule has 146 valence electrons. The maximum absolute atomic E-state index is 5.31. The van der Waals surface area contributed by atoms with E-state index in [1.54, 1.807) is 18.9 Å². The number of nitrogens with zero attached hydrogens (tertiary/aromatic N) is 3. The summed E-state index contributed by atoms with van der Waals surface area (Å²) < 4.78 is 8.50. The number of ether oxygens (including phenoxy) is 1. The maximum Gasteiger partial charge on any atom is 0.196 e. The second-order valence-corrected chi connectivity index (χ2v) is 8.49. The third-order valence-corrected chi connectivity index (χ3v) is 5.99. The van der Waals surface area contributed by atoms with Gasteiger partial charge in [0.15, 0.2) is 11.0 Å². The van der Waals surface area contributed by atoms with Gasteiger partial charge in [0.2, 0.25) is 0 Å². The van der Waals surface area contributed by atoms with E-state index in [1.807, 2.05) is 42.5 Å². The summed E-state index contributed by atoms with van der Waals surface area (Å²) in [5.74, 6) is 2.46. The second kappa shape index (κ2) is 8.84. The van der Waals surface area contributed by atoms with E-state index in [9.17, 15) is 0 Å².